The minimum Gasteiger partial charge on any atom is -0.492 e. The van der Waals surface area contributed by atoms with E-state index < -0.39 is 17.0 Å². The maximum absolute atomic E-state index is 14.2. The minimum atomic E-state index is -0.640. The first-order chi connectivity index (χ1) is 13.3. The molecule has 2 heterocycles. The van der Waals surface area contributed by atoms with E-state index >= 15 is 0 Å². The molecule has 1 amide bonds. The highest BCUT2D eigenvalue weighted by Gasteiger charge is 2.24. The molecule has 2 aromatic heterocycles. The molecule has 0 radical (unpaired) electrons. The van der Waals surface area contributed by atoms with E-state index in [9.17, 15) is 13.6 Å². The Bertz CT molecular complexity index is 970. The van der Waals surface area contributed by atoms with Crippen LogP contribution in [-0.4, -0.2) is 28.4 Å². The Morgan fingerprint density at radius 1 is 1.21 bits per heavy atom. The van der Waals surface area contributed by atoms with Crippen LogP contribution in [-0.2, 0) is 16.6 Å². The van der Waals surface area contributed by atoms with Crippen molar-refractivity contribution in [1.29, 1.82) is 0 Å². The third kappa shape index (κ3) is 4.47. The number of halogens is 2. The maximum Gasteiger partial charge on any atom is 0.226 e. The van der Waals surface area contributed by atoms with E-state index in [2.05, 4.69) is 10.3 Å². The third-order valence-corrected chi connectivity index (χ3v) is 4.29. The number of aromatic nitrogens is 2. The number of benzene rings is 1. The minimum absolute atomic E-state index is 0.0289. The molecule has 3 rings (SSSR count). The number of nitrogens with zero attached hydrogens (tertiary/aromatic N) is 2. The Labute approximate surface area is 162 Å². The number of hydrogen-bond donors (Lipinski definition) is 1. The molecule has 0 fully saturated rings. The molecule has 0 bridgehead atoms. The molecule has 0 saturated carbocycles. The van der Waals surface area contributed by atoms with Gasteiger partial charge in [-0.3, -0.25) is 4.79 Å². The van der Waals surface area contributed by atoms with Gasteiger partial charge in [-0.25, -0.2) is 13.8 Å². The second-order valence-electron chi connectivity index (χ2n) is 7.57. The van der Waals surface area contributed by atoms with Crippen LogP contribution in [0, 0.1) is 11.6 Å². The predicted octanol–water partition coefficient (Wildman–Crippen LogP) is 3.65. The fraction of sp³-hybridized carbons (Fsp3) is 0.333. The van der Waals surface area contributed by atoms with Crippen LogP contribution in [0.4, 0.5) is 8.78 Å². The van der Waals surface area contributed by atoms with Crippen molar-refractivity contribution in [2.45, 2.75) is 32.6 Å². The Kier molecular flexibility index (Phi) is 5.63. The summed E-state index contributed by atoms with van der Waals surface area (Å²) < 4.78 is 35.6. The number of rotatable bonds is 6. The summed E-state index contributed by atoms with van der Waals surface area (Å²) >= 11 is 0. The number of fused-ring (bicyclic) bond motifs is 1. The molecule has 0 aliphatic rings. The maximum atomic E-state index is 14.2. The summed E-state index contributed by atoms with van der Waals surface area (Å²) in [6, 6.07) is 7.95. The summed E-state index contributed by atoms with van der Waals surface area (Å²) in [4.78, 5) is 16.3. The molecule has 7 heteroatoms. The second kappa shape index (κ2) is 7.96. The molecule has 0 saturated heterocycles. The molecular weight excluding hydrogens is 364 g/mol. The molecule has 0 atom stereocenters. The van der Waals surface area contributed by atoms with Gasteiger partial charge in [-0.2, -0.15) is 0 Å². The first kappa shape index (κ1) is 19.8. The Morgan fingerprint density at radius 3 is 2.61 bits per heavy atom. The highest BCUT2D eigenvalue weighted by atomic mass is 19.1. The lowest BCUT2D eigenvalue weighted by Gasteiger charge is -2.21. The van der Waals surface area contributed by atoms with Crippen LogP contribution >= 0.6 is 0 Å². The average molecular weight is 387 g/mol. The van der Waals surface area contributed by atoms with Crippen LogP contribution in [0.5, 0.6) is 5.75 Å². The van der Waals surface area contributed by atoms with E-state index in [-0.39, 0.29) is 36.8 Å². The SMILES string of the molecule is CC(C)(C)c1c(F)cc(OCCNC(=O)Cc2cnc3ccccn23)cc1F. The van der Waals surface area contributed by atoms with Gasteiger partial charge in [0.15, 0.2) is 0 Å². The lowest BCUT2D eigenvalue weighted by atomic mass is 9.86. The molecule has 0 spiro atoms. The molecule has 3 aromatic rings. The highest BCUT2D eigenvalue weighted by molar-refractivity contribution is 5.78. The largest absolute Gasteiger partial charge is 0.492 e. The van der Waals surface area contributed by atoms with Gasteiger partial charge in [0.2, 0.25) is 5.91 Å². The molecule has 148 valence electrons. The van der Waals surface area contributed by atoms with Crippen LogP contribution in [0.25, 0.3) is 5.65 Å². The van der Waals surface area contributed by atoms with Gasteiger partial charge >= 0.3 is 0 Å². The van der Waals surface area contributed by atoms with E-state index in [0.29, 0.717) is 0 Å². The van der Waals surface area contributed by atoms with Crippen molar-refractivity contribution in [2.75, 3.05) is 13.2 Å². The van der Waals surface area contributed by atoms with Crippen LogP contribution in [0.2, 0.25) is 0 Å². The summed E-state index contributed by atoms with van der Waals surface area (Å²) in [6.07, 6.45) is 3.68. The van der Waals surface area contributed by atoms with Gasteiger partial charge < -0.3 is 14.5 Å². The Balaban J connectivity index is 1.51. The average Bonchev–Trinajstić information content (AvgIpc) is 3.00. The third-order valence-electron chi connectivity index (χ3n) is 4.29. The van der Waals surface area contributed by atoms with Gasteiger partial charge in [0, 0.05) is 30.1 Å². The standard InChI is InChI=1S/C21H23F2N3O2/c1-21(2,3)20-16(22)11-15(12-17(20)23)28-9-7-24-19(27)10-14-13-25-18-6-4-5-8-26(14)18/h4-6,8,11-13H,7,9-10H2,1-3H3,(H,24,27). The summed E-state index contributed by atoms with van der Waals surface area (Å²) in [5.41, 5.74) is 0.937. The van der Waals surface area contributed by atoms with Gasteiger partial charge in [0.1, 0.15) is 29.6 Å². The monoisotopic (exact) mass is 387 g/mol. The number of nitrogens with one attached hydrogen (secondary N) is 1. The molecular formula is C21H23F2N3O2. The summed E-state index contributed by atoms with van der Waals surface area (Å²) in [7, 11) is 0. The van der Waals surface area contributed by atoms with Crippen molar-refractivity contribution < 1.29 is 18.3 Å². The van der Waals surface area contributed by atoms with Crippen molar-refractivity contribution in [1.82, 2.24) is 14.7 Å². The van der Waals surface area contributed by atoms with Gasteiger partial charge in [-0.1, -0.05) is 26.8 Å². The lowest BCUT2D eigenvalue weighted by molar-refractivity contribution is -0.120. The van der Waals surface area contributed by atoms with E-state index in [4.69, 9.17) is 4.74 Å². The summed E-state index contributed by atoms with van der Waals surface area (Å²) in [5.74, 6) is -1.37. The zero-order chi connectivity index (χ0) is 20.3. The Hall–Kier alpha value is -2.96. The van der Waals surface area contributed by atoms with E-state index in [0.717, 1.165) is 11.3 Å². The summed E-state index contributed by atoms with van der Waals surface area (Å²) in [5, 5.41) is 2.73. The number of carbonyl (C=O) groups excluding carboxylic acids is 1. The quantitative estimate of drug-likeness (QED) is 0.657. The number of amides is 1. The van der Waals surface area contributed by atoms with Gasteiger partial charge in [-0.05, 0) is 17.5 Å². The van der Waals surface area contributed by atoms with Crippen molar-refractivity contribution in [3.05, 3.63) is 65.6 Å². The fourth-order valence-electron chi connectivity index (χ4n) is 3.05. The van der Waals surface area contributed by atoms with Gasteiger partial charge in [0.05, 0.1) is 18.7 Å². The molecule has 0 aliphatic heterocycles. The molecule has 0 unspecified atom stereocenters. The van der Waals surface area contributed by atoms with E-state index in [1.54, 1.807) is 27.0 Å². The first-order valence-corrected chi connectivity index (χ1v) is 9.05. The normalized spacial score (nSPS) is 11.6. The lowest BCUT2D eigenvalue weighted by Crippen LogP contribution is -2.29. The smallest absolute Gasteiger partial charge is 0.226 e. The first-order valence-electron chi connectivity index (χ1n) is 9.05. The molecule has 5 nitrogen and oxygen atoms in total. The molecule has 1 N–H and O–H groups in total. The molecule has 28 heavy (non-hydrogen) atoms. The van der Waals surface area contributed by atoms with Crippen molar-refractivity contribution in [3.63, 3.8) is 0 Å². The van der Waals surface area contributed by atoms with E-state index in [1.807, 2.05) is 28.8 Å². The summed E-state index contributed by atoms with van der Waals surface area (Å²) in [6.45, 7) is 5.56. The van der Waals surface area contributed by atoms with Crippen molar-refractivity contribution in [2.24, 2.45) is 0 Å². The number of carbonyl (C=O) groups is 1. The van der Waals surface area contributed by atoms with E-state index in [1.165, 1.54) is 12.1 Å². The number of imidazole rings is 1. The van der Waals surface area contributed by atoms with Gasteiger partial charge in [-0.15, -0.1) is 0 Å². The van der Waals surface area contributed by atoms with Crippen molar-refractivity contribution in [3.8, 4) is 5.75 Å². The fourth-order valence-corrected chi connectivity index (χ4v) is 3.05. The van der Waals surface area contributed by atoms with Crippen LogP contribution in [0.1, 0.15) is 32.0 Å². The number of hydrogen-bond acceptors (Lipinski definition) is 3. The zero-order valence-electron chi connectivity index (χ0n) is 16.1. The topological polar surface area (TPSA) is 55.6 Å². The van der Waals surface area contributed by atoms with Crippen LogP contribution < -0.4 is 10.1 Å². The van der Waals surface area contributed by atoms with Crippen LogP contribution in [0.3, 0.4) is 0 Å². The Morgan fingerprint density at radius 2 is 1.93 bits per heavy atom. The number of pyridine rings is 1. The molecule has 0 aliphatic carbocycles. The highest BCUT2D eigenvalue weighted by Crippen LogP contribution is 2.30. The van der Waals surface area contributed by atoms with Crippen LogP contribution in [0.15, 0.2) is 42.7 Å². The zero-order valence-corrected chi connectivity index (χ0v) is 16.1. The van der Waals surface area contributed by atoms with Gasteiger partial charge in [0.25, 0.3) is 0 Å². The molecule has 1 aromatic carbocycles. The second-order valence-corrected chi connectivity index (χ2v) is 7.57. The number of ether oxygens (including phenoxy) is 1. The predicted molar refractivity (Wildman–Crippen MR) is 102 cm³/mol. The van der Waals surface area contributed by atoms with Crippen molar-refractivity contribution >= 4 is 11.6 Å².